The topological polar surface area (TPSA) is 26.3 Å². The van der Waals surface area contributed by atoms with Crippen LogP contribution in [0.5, 0.6) is 0 Å². The van der Waals surface area contributed by atoms with Crippen LogP contribution in [0.1, 0.15) is 35.3 Å². The normalized spacial score (nSPS) is 12.7. The molecule has 0 atom stereocenters. The summed E-state index contributed by atoms with van der Waals surface area (Å²) >= 11 is 0. The first-order valence-corrected chi connectivity index (χ1v) is 4.54. The third kappa shape index (κ3) is 1.89. The molecule has 0 spiro atoms. The van der Waals surface area contributed by atoms with Gasteiger partial charge in [-0.1, -0.05) is 31.5 Å². The molecular weight excluding hydrogens is 164 g/mol. The first kappa shape index (κ1) is 9.78. The van der Waals surface area contributed by atoms with Gasteiger partial charge in [-0.25, -0.2) is 4.79 Å². The minimum absolute atomic E-state index is 0.194. The molecule has 1 aliphatic rings. The van der Waals surface area contributed by atoms with Crippen molar-refractivity contribution < 1.29 is 9.53 Å². The molecule has 1 aliphatic heterocycles. The van der Waals surface area contributed by atoms with Gasteiger partial charge in [0.2, 0.25) is 0 Å². The second kappa shape index (κ2) is 4.08. The van der Waals surface area contributed by atoms with Gasteiger partial charge in [0.15, 0.2) is 0 Å². The number of benzene rings is 1. The Bertz CT molecular complexity index is 316. The third-order valence-electron chi connectivity index (χ3n) is 1.84. The molecule has 1 aromatic rings. The first-order chi connectivity index (χ1) is 6.27. The Kier molecular flexibility index (Phi) is 3.07. The van der Waals surface area contributed by atoms with Crippen molar-refractivity contribution in [2.75, 3.05) is 0 Å². The van der Waals surface area contributed by atoms with Crippen LogP contribution in [0.3, 0.4) is 0 Å². The minimum atomic E-state index is -0.194. The van der Waals surface area contributed by atoms with E-state index >= 15 is 0 Å². The lowest BCUT2D eigenvalue weighted by Crippen LogP contribution is -1.92. The van der Waals surface area contributed by atoms with Gasteiger partial charge in [0.05, 0.1) is 5.56 Å². The zero-order valence-corrected chi connectivity index (χ0v) is 8.26. The molecule has 0 aromatic heterocycles. The van der Waals surface area contributed by atoms with Crippen molar-refractivity contribution in [1.29, 1.82) is 0 Å². The number of rotatable bonds is 0. The van der Waals surface area contributed by atoms with E-state index in [1.807, 2.05) is 39.0 Å². The van der Waals surface area contributed by atoms with E-state index < -0.39 is 0 Å². The summed E-state index contributed by atoms with van der Waals surface area (Å²) in [5.41, 5.74) is 2.90. The van der Waals surface area contributed by atoms with Gasteiger partial charge in [-0.3, -0.25) is 0 Å². The summed E-state index contributed by atoms with van der Waals surface area (Å²) in [4.78, 5) is 11.0. The molecule has 13 heavy (non-hydrogen) atoms. The highest BCUT2D eigenvalue weighted by molar-refractivity contribution is 5.93. The molecule has 2 nitrogen and oxygen atoms in total. The Morgan fingerprint density at radius 1 is 1.31 bits per heavy atom. The number of fused-ring (bicyclic) bond motifs is 1. The van der Waals surface area contributed by atoms with Gasteiger partial charge in [0.1, 0.15) is 6.61 Å². The molecule has 1 aromatic carbocycles. The van der Waals surface area contributed by atoms with Crippen molar-refractivity contribution >= 4 is 5.97 Å². The fourth-order valence-electron chi connectivity index (χ4n) is 1.26. The van der Waals surface area contributed by atoms with Gasteiger partial charge in [-0.2, -0.15) is 0 Å². The van der Waals surface area contributed by atoms with Crippen molar-refractivity contribution in [2.24, 2.45) is 0 Å². The smallest absolute Gasteiger partial charge is 0.338 e. The Labute approximate surface area is 78.5 Å². The van der Waals surface area contributed by atoms with Crippen LogP contribution in [0.15, 0.2) is 18.2 Å². The second-order valence-corrected chi connectivity index (χ2v) is 2.74. The van der Waals surface area contributed by atoms with Crippen LogP contribution >= 0.6 is 0 Å². The lowest BCUT2D eigenvalue weighted by molar-refractivity contribution is 0.0535. The van der Waals surface area contributed by atoms with Crippen molar-refractivity contribution in [1.82, 2.24) is 0 Å². The Morgan fingerprint density at radius 3 is 2.69 bits per heavy atom. The van der Waals surface area contributed by atoms with Gasteiger partial charge in [-0.15, -0.1) is 0 Å². The SMILES string of the molecule is CC.Cc1ccc2c(c1)COC2=O. The molecule has 2 rings (SSSR count). The van der Waals surface area contributed by atoms with Gasteiger partial charge < -0.3 is 4.74 Å². The molecule has 2 heteroatoms. The van der Waals surface area contributed by atoms with E-state index in [1.165, 1.54) is 5.56 Å². The Balaban J connectivity index is 0.000000396. The molecule has 0 aliphatic carbocycles. The number of aryl methyl sites for hydroxylation is 1. The first-order valence-electron chi connectivity index (χ1n) is 4.54. The largest absolute Gasteiger partial charge is 0.457 e. The van der Waals surface area contributed by atoms with E-state index in [2.05, 4.69) is 0 Å². The third-order valence-corrected chi connectivity index (χ3v) is 1.84. The van der Waals surface area contributed by atoms with E-state index in [4.69, 9.17) is 4.74 Å². The van der Waals surface area contributed by atoms with Crippen LogP contribution in [0.4, 0.5) is 0 Å². The minimum Gasteiger partial charge on any atom is -0.457 e. The van der Waals surface area contributed by atoms with Crippen molar-refractivity contribution in [3.05, 3.63) is 34.9 Å². The maximum Gasteiger partial charge on any atom is 0.338 e. The lowest BCUT2D eigenvalue weighted by Gasteiger charge is -1.93. The van der Waals surface area contributed by atoms with Crippen molar-refractivity contribution in [3.8, 4) is 0 Å². The molecule has 70 valence electrons. The maximum atomic E-state index is 11.0. The molecular formula is C11H14O2. The molecule has 1 heterocycles. The van der Waals surface area contributed by atoms with Crippen LogP contribution in [0.25, 0.3) is 0 Å². The summed E-state index contributed by atoms with van der Waals surface area (Å²) in [5, 5.41) is 0. The molecule has 0 unspecified atom stereocenters. The van der Waals surface area contributed by atoms with Crippen LogP contribution in [-0.2, 0) is 11.3 Å². The van der Waals surface area contributed by atoms with Gasteiger partial charge in [0.25, 0.3) is 0 Å². The molecule has 0 fully saturated rings. The van der Waals surface area contributed by atoms with Gasteiger partial charge in [-0.05, 0) is 13.0 Å². The lowest BCUT2D eigenvalue weighted by atomic mass is 10.1. The highest BCUT2D eigenvalue weighted by Crippen LogP contribution is 2.20. The summed E-state index contributed by atoms with van der Waals surface area (Å²) < 4.78 is 4.84. The van der Waals surface area contributed by atoms with Crippen molar-refractivity contribution in [2.45, 2.75) is 27.4 Å². The standard InChI is InChI=1S/C9H8O2.C2H6/c1-6-2-3-8-7(4-6)5-11-9(8)10;1-2/h2-4H,5H2,1H3;1-2H3. The molecule has 0 bridgehead atoms. The van der Waals surface area contributed by atoms with Gasteiger partial charge in [0, 0.05) is 5.56 Å². The predicted octanol–water partition coefficient (Wildman–Crippen LogP) is 2.69. The fraction of sp³-hybridized carbons (Fsp3) is 0.364. The molecule has 0 saturated carbocycles. The summed E-state index contributed by atoms with van der Waals surface area (Å²) in [6.45, 7) is 6.44. The molecule has 0 radical (unpaired) electrons. The predicted molar refractivity (Wildman–Crippen MR) is 51.6 cm³/mol. The highest BCUT2D eigenvalue weighted by atomic mass is 16.5. The number of carbonyl (C=O) groups excluding carboxylic acids is 1. The van der Waals surface area contributed by atoms with Gasteiger partial charge >= 0.3 is 5.97 Å². The van der Waals surface area contributed by atoms with Crippen LogP contribution in [0.2, 0.25) is 0 Å². The fourth-order valence-corrected chi connectivity index (χ4v) is 1.26. The van der Waals surface area contributed by atoms with Crippen LogP contribution in [0, 0.1) is 6.92 Å². The zero-order chi connectivity index (χ0) is 9.84. The van der Waals surface area contributed by atoms with Crippen LogP contribution < -0.4 is 0 Å². The average Bonchev–Trinajstić information content (AvgIpc) is 2.51. The highest BCUT2D eigenvalue weighted by Gasteiger charge is 2.19. The van der Waals surface area contributed by atoms with Crippen molar-refractivity contribution in [3.63, 3.8) is 0 Å². The van der Waals surface area contributed by atoms with E-state index in [-0.39, 0.29) is 5.97 Å². The number of carbonyl (C=O) groups is 1. The number of hydrogen-bond donors (Lipinski definition) is 0. The quantitative estimate of drug-likeness (QED) is 0.571. The summed E-state index contributed by atoms with van der Waals surface area (Å²) in [6.07, 6.45) is 0. The van der Waals surface area contributed by atoms with Crippen LogP contribution in [-0.4, -0.2) is 5.97 Å². The number of ether oxygens (including phenoxy) is 1. The summed E-state index contributed by atoms with van der Waals surface area (Å²) in [7, 11) is 0. The number of cyclic esters (lactones) is 1. The van der Waals surface area contributed by atoms with E-state index in [9.17, 15) is 4.79 Å². The maximum absolute atomic E-state index is 11.0. The summed E-state index contributed by atoms with van der Waals surface area (Å²) in [5.74, 6) is -0.194. The van der Waals surface area contributed by atoms with E-state index in [1.54, 1.807) is 0 Å². The molecule has 0 N–H and O–H groups in total. The Hall–Kier alpha value is -1.31. The van der Waals surface area contributed by atoms with E-state index in [0.717, 1.165) is 11.1 Å². The summed E-state index contributed by atoms with van der Waals surface area (Å²) in [6, 6.07) is 5.73. The van der Waals surface area contributed by atoms with E-state index in [0.29, 0.717) is 6.61 Å². The number of esters is 1. The molecule has 0 saturated heterocycles. The Morgan fingerprint density at radius 2 is 2.00 bits per heavy atom. The second-order valence-electron chi connectivity index (χ2n) is 2.74. The zero-order valence-electron chi connectivity index (χ0n) is 8.26. The average molecular weight is 178 g/mol. The number of hydrogen-bond acceptors (Lipinski definition) is 2. The monoisotopic (exact) mass is 178 g/mol. The molecule has 0 amide bonds.